The average Bonchev–Trinajstić information content (AvgIpc) is 2.50. The first-order chi connectivity index (χ1) is 12.6. The number of phenolic OH excluding ortho intramolecular Hbond substituents is 4. The third-order valence-electron chi connectivity index (χ3n) is 3.65. The van der Waals surface area contributed by atoms with Gasteiger partial charge in [0.05, 0.1) is 0 Å². The van der Waals surface area contributed by atoms with E-state index in [1.807, 2.05) is 53.7 Å². The van der Waals surface area contributed by atoms with E-state index in [1.165, 1.54) is 12.1 Å². The van der Waals surface area contributed by atoms with Crippen LogP contribution in [-0.2, 0) is 10.8 Å². The molecule has 0 aliphatic rings. The maximum atomic E-state index is 9.48. The van der Waals surface area contributed by atoms with Crippen LogP contribution in [0.2, 0.25) is 0 Å². The second-order valence-electron chi connectivity index (χ2n) is 8.09. The van der Waals surface area contributed by atoms with Crippen molar-refractivity contribution in [1.29, 1.82) is 0 Å². The number of halogens is 3. The van der Waals surface area contributed by atoms with Crippen LogP contribution in [0.5, 0.6) is 23.0 Å². The van der Waals surface area contributed by atoms with Gasteiger partial charge in [0.2, 0.25) is 0 Å². The van der Waals surface area contributed by atoms with Gasteiger partial charge in [-0.25, -0.2) is 0 Å². The van der Waals surface area contributed by atoms with E-state index in [4.69, 9.17) is 34.4 Å². The zero-order valence-electron chi connectivity index (χ0n) is 17.0. The fraction of sp³-hybridized carbons (Fsp3) is 0.400. The number of rotatable bonds is 0. The number of hydrogen-bond donors (Lipinski definition) is 4. The molecule has 2 aromatic rings. The van der Waals surface area contributed by atoms with Gasteiger partial charge in [0, 0.05) is 11.1 Å². The Hall–Kier alpha value is -1.43. The number of phenols is 4. The van der Waals surface area contributed by atoms with E-state index in [-0.39, 0.29) is 33.8 Å². The molecule has 0 aliphatic carbocycles. The van der Waals surface area contributed by atoms with Crippen LogP contribution in [0.4, 0.5) is 0 Å². The first-order valence-electron chi connectivity index (χ1n) is 8.54. The standard InChI is InChI=1S/2C10H14O2.BCl3/c2*1-10(2,3)7-5-4-6-8(11)9(7)12;2-1(3)4/h2*4-6,11-12H,1-3H3;. The molecule has 0 heterocycles. The van der Waals surface area contributed by atoms with Gasteiger partial charge in [0.25, 0.3) is 0 Å². The second kappa shape index (κ2) is 10.9. The van der Waals surface area contributed by atoms with Crippen molar-refractivity contribution in [3.05, 3.63) is 47.5 Å². The Morgan fingerprint density at radius 1 is 0.607 bits per heavy atom. The molecule has 28 heavy (non-hydrogen) atoms. The van der Waals surface area contributed by atoms with Crippen LogP contribution in [0.1, 0.15) is 52.7 Å². The third-order valence-corrected chi connectivity index (χ3v) is 3.65. The van der Waals surface area contributed by atoms with Crippen molar-refractivity contribution in [3.63, 3.8) is 0 Å². The zero-order chi connectivity index (χ0) is 22.3. The third kappa shape index (κ3) is 9.18. The smallest absolute Gasteiger partial charge is 0.450 e. The van der Waals surface area contributed by atoms with Crippen molar-refractivity contribution in [2.45, 2.75) is 52.4 Å². The largest absolute Gasteiger partial charge is 0.504 e. The molecule has 0 aliphatic heterocycles. The lowest BCUT2D eigenvalue weighted by molar-refractivity contribution is 0.389. The number of para-hydroxylation sites is 2. The summed E-state index contributed by atoms with van der Waals surface area (Å²) >= 11 is 14.4. The number of aromatic hydroxyl groups is 4. The van der Waals surface area contributed by atoms with E-state index in [0.29, 0.717) is 0 Å². The zero-order valence-corrected chi connectivity index (χ0v) is 19.2. The van der Waals surface area contributed by atoms with Crippen LogP contribution < -0.4 is 0 Å². The highest BCUT2D eigenvalue weighted by molar-refractivity contribution is 7.54. The summed E-state index contributed by atoms with van der Waals surface area (Å²) in [4.78, 5) is -0.750. The maximum absolute atomic E-state index is 9.48. The minimum Gasteiger partial charge on any atom is -0.504 e. The van der Waals surface area contributed by atoms with Gasteiger partial charge in [0.1, 0.15) is 0 Å². The summed E-state index contributed by atoms with van der Waals surface area (Å²) in [6.45, 7) is 11.9. The molecule has 0 bridgehead atoms. The molecule has 156 valence electrons. The van der Waals surface area contributed by atoms with Crippen molar-refractivity contribution >= 4 is 39.3 Å². The highest BCUT2D eigenvalue weighted by Gasteiger charge is 2.20. The van der Waals surface area contributed by atoms with Crippen LogP contribution in [0.15, 0.2) is 36.4 Å². The fourth-order valence-electron chi connectivity index (χ4n) is 2.27. The van der Waals surface area contributed by atoms with Crippen LogP contribution >= 0.6 is 34.4 Å². The van der Waals surface area contributed by atoms with E-state index in [2.05, 4.69) is 0 Å². The van der Waals surface area contributed by atoms with E-state index >= 15 is 0 Å². The lowest BCUT2D eigenvalue weighted by atomic mass is 9.86. The maximum Gasteiger partial charge on any atom is 0.450 e. The topological polar surface area (TPSA) is 80.9 Å². The van der Waals surface area contributed by atoms with Crippen molar-refractivity contribution in [3.8, 4) is 23.0 Å². The SMILES string of the molecule is CC(C)(C)c1cccc(O)c1O.CC(C)(C)c1cccc(O)c1O.ClB(Cl)Cl. The summed E-state index contributed by atoms with van der Waals surface area (Å²) in [6, 6.07) is 10.0. The number of hydrogen-bond acceptors (Lipinski definition) is 4. The van der Waals surface area contributed by atoms with Gasteiger partial charge in [-0.05, 0) is 23.0 Å². The Bertz CT molecular complexity index is 690. The summed E-state index contributed by atoms with van der Waals surface area (Å²) in [7, 11) is 0. The quantitative estimate of drug-likeness (QED) is 0.274. The first kappa shape index (κ1) is 26.6. The lowest BCUT2D eigenvalue weighted by Crippen LogP contribution is -2.10. The van der Waals surface area contributed by atoms with E-state index in [0.717, 1.165) is 11.1 Å². The Balaban J connectivity index is 0.000000439. The molecule has 4 nitrogen and oxygen atoms in total. The first-order valence-corrected chi connectivity index (χ1v) is 9.85. The van der Waals surface area contributed by atoms with Gasteiger partial charge in [-0.1, -0.05) is 65.8 Å². The van der Waals surface area contributed by atoms with Gasteiger partial charge in [-0.3, -0.25) is 0 Å². The molecule has 0 amide bonds. The molecule has 0 radical (unpaired) electrons. The minimum atomic E-state index is -0.750. The lowest BCUT2D eigenvalue weighted by Gasteiger charge is -2.20. The molecule has 8 heteroatoms. The summed E-state index contributed by atoms with van der Waals surface area (Å²) in [6.07, 6.45) is 0. The van der Waals surface area contributed by atoms with Gasteiger partial charge < -0.3 is 20.4 Å². The molecule has 0 saturated carbocycles. The Labute approximate surface area is 182 Å². The molecule has 2 aromatic carbocycles. The van der Waals surface area contributed by atoms with Crippen molar-refractivity contribution in [1.82, 2.24) is 0 Å². The normalized spacial score (nSPS) is 10.9. The van der Waals surface area contributed by atoms with E-state index < -0.39 is 4.96 Å². The Morgan fingerprint density at radius 3 is 1.04 bits per heavy atom. The van der Waals surface area contributed by atoms with E-state index in [9.17, 15) is 20.4 Å². The molecule has 0 spiro atoms. The van der Waals surface area contributed by atoms with Gasteiger partial charge in [-0.15, -0.1) is 0 Å². The Kier molecular flexibility index (Phi) is 10.4. The van der Waals surface area contributed by atoms with Gasteiger partial charge in [-0.2, -0.15) is 34.4 Å². The second-order valence-corrected chi connectivity index (χ2v) is 10.1. The summed E-state index contributed by atoms with van der Waals surface area (Å²) in [5.41, 5.74) is 1.26. The highest BCUT2D eigenvalue weighted by atomic mass is 35.6. The molecule has 0 aromatic heterocycles. The van der Waals surface area contributed by atoms with E-state index in [1.54, 1.807) is 12.1 Å². The van der Waals surface area contributed by atoms with Crippen LogP contribution in [0.25, 0.3) is 0 Å². The average molecular weight is 450 g/mol. The van der Waals surface area contributed by atoms with Crippen LogP contribution in [-0.4, -0.2) is 25.4 Å². The molecule has 4 N–H and O–H groups in total. The molecule has 0 fully saturated rings. The van der Waals surface area contributed by atoms with Crippen LogP contribution in [0.3, 0.4) is 0 Å². The summed E-state index contributed by atoms with van der Waals surface area (Å²) in [5.74, 6) is -0.125. The summed E-state index contributed by atoms with van der Waals surface area (Å²) in [5, 5.41) is 37.4. The van der Waals surface area contributed by atoms with Crippen LogP contribution in [0, 0.1) is 0 Å². The predicted molar refractivity (Wildman–Crippen MR) is 120 cm³/mol. The van der Waals surface area contributed by atoms with Crippen molar-refractivity contribution in [2.75, 3.05) is 0 Å². The summed E-state index contributed by atoms with van der Waals surface area (Å²) < 4.78 is 0. The van der Waals surface area contributed by atoms with Gasteiger partial charge >= 0.3 is 4.96 Å². The highest BCUT2D eigenvalue weighted by Crippen LogP contribution is 2.37. The molecule has 0 saturated heterocycles. The molecule has 0 atom stereocenters. The predicted octanol–water partition coefficient (Wildman–Crippen LogP) is 6.48. The van der Waals surface area contributed by atoms with Crippen molar-refractivity contribution < 1.29 is 20.4 Å². The Morgan fingerprint density at radius 2 is 0.857 bits per heavy atom. The molecule has 2 rings (SSSR count). The van der Waals surface area contributed by atoms with Crippen molar-refractivity contribution in [2.24, 2.45) is 0 Å². The fourth-order valence-corrected chi connectivity index (χ4v) is 2.27. The molecule has 0 unspecified atom stereocenters. The molecular weight excluding hydrogens is 421 g/mol. The minimum absolute atomic E-state index is 0.00926. The molecular formula is C20H28BCl3O4. The monoisotopic (exact) mass is 448 g/mol. The van der Waals surface area contributed by atoms with Gasteiger partial charge in [0.15, 0.2) is 23.0 Å². The number of benzene rings is 2.